The fourth-order valence-electron chi connectivity index (χ4n) is 1.12. The van der Waals surface area contributed by atoms with E-state index in [0.29, 0.717) is 0 Å². The second kappa shape index (κ2) is 6.69. The molecule has 0 aliphatic heterocycles. The van der Waals surface area contributed by atoms with E-state index >= 15 is 0 Å². The molecule has 1 rings (SSSR count). The van der Waals surface area contributed by atoms with Crippen LogP contribution >= 0.6 is 15.9 Å². The summed E-state index contributed by atoms with van der Waals surface area (Å²) in [6, 6.07) is 6.49. The topological polar surface area (TPSA) is 9.23 Å². The predicted molar refractivity (Wildman–Crippen MR) is 65.4 cm³/mol. The van der Waals surface area contributed by atoms with E-state index < -0.39 is 12.8 Å². The van der Waals surface area contributed by atoms with Crippen molar-refractivity contribution in [3.63, 3.8) is 0 Å². The van der Waals surface area contributed by atoms with E-state index in [1.807, 2.05) is 12.2 Å². The lowest BCUT2D eigenvalue weighted by Gasteiger charge is -2.08. The molecule has 5 heteroatoms. The average Bonchev–Trinajstić information content (AvgIpc) is 2.27. The van der Waals surface area contributed by atoms with Gasteiger partial charge in [-0.3, -0.25) is 0 Å². The van der Waals surface area contributed by atoms with E-state index in [2.05, 4.69) is 20.7 Å². The third-order valence-electron chi connectivity index (χ3n) is 1.87. The molecule has 0 radical (unpaired) electrons. The van der Waals surface area contributed by atoms with Gasteiger partial charge in [0.25, 0.3) is 0 Å². The Morgan fingerprint density at radius 2 is 1.82 bits per heavy atom. The Balaban J connectivity index is 2.50. The highest BCUT2D eigenvalue weighted by Gasteiger charge is 2.28. The Bertz CT molecular complexity index is 357. The fourth-order valence-corrected chi connectivity index (χ4v) is 1.39. The summed E-state index contributed by atoms with van der Waals surface area (Å²) in [6.07, 6.45) is 0.510. The van der Waals surface area contributed by atoms with Crippen LogP contribution in [0, 0.1) is 0 Å². The first-order valence-corrected chi connectivity index (χ1v) is 6.15. The third-order valence-corrected chi connectivity index (χ3v) is 2.33. The molecule has 0 N–H and O–H groups in total. The predicted octanol–water partition coefficient (Wildman–Crippen LogP) is 4.43. The minimum atomic E-state index is -4.30. The summed E-state index contributed by atoms with van der Waals surface area (Å²) in [5.74, 6) is 0.222. The van der Waals surface area contributed by atoms with E-state index in [-0.39, 0.29) is 5.75 Å². The number of ether oxygens (including phenoxy) is 1. The Kier molecular flexibility index (Phi) is 5.55. The van der Waals surface area contributed by atoms with E-state index in [0.717, 1.165) is 17.3 Å². The lowest BCUT2D eigenvalue weighted by Crippen LogP contribution is -2.19. The quantitative estimate of drug-likeness (QED) is 0.731. The Hall–Kier alpha value is -0.970. The standard InChI is InChI=1S/C12H12BrF3O/c13-8-2-1-3-10-4-6-11(7-5-10)17-9-12(14,15)16/h1,3-7H,2,8-9H2. The molecule has 0 amide bonds. The molecule has 1 aromatic rings. The van der Waals surface area contributed by atoms with Crippen LogP contribution in [-0.4, -0.2) is 18.1 Å². The van der Waals surface area contributed by atoms with Crippen LogP contribution in [0.2, 0.25) is 0 Å². The van der Waals surface area contributed by atoms with Crippen LogP contribution < -0.4 is 4.74 Å². The molecule has 0 fully saturated rings. The molecule has 0 bridgehead atoms. The van der Waals surface area contributed by atoms with E-state index in [1.54, 1.807) is 12.1 Å². The Morgan fingerprint density at radius 3 is 2.35 bits per heavy atom. The van der Waals surface area contributed by atoms with Gasteiger partial charge in [0.05, 0.1) is 0 Å². The molecule has 0 aliphatic carbocycles. The molecule has 0 saturated carbocycles. The first kappa shape index (κ1) is 14.1. The summed E-state index contributed by atoms with van der Waals surface area (Å²) in [7, 11) is 0. The third kappa shape index (κ3) is 6.36. The van der Waals surface area contributed by atoms with Gasteiger partial charge in [0.1, 0.15) is 5.75 Å². The monoisotopic (exact) mass is 308 g/mol. The number of halogens is 4. The van der Waals surface area contributed by atoms with Crippen molar-refractivity contribution < 1.29 is 17.9 Å². The van der Waals surface area contributed by atoms with Crippen LogP contribution in [0.4, 0.5) is 13.2 Å². The maximum Gasteiger partial charge on any atom is 0.422 e. The minimum Gasteiger partial charge on any atom is -0.484 e. The molecule has 94 valence electrons. The van der Waals surface area contributed by atoms with Gasteiger partial charge >= 0.3 is 6.18 Å². The lowest BCUT2D eigenvalue weighted by molar-refractivity contribution is -0.153. The van der Waals surface area contributed by atoms with Crippen molar-refractivity contribution in [1.82, 2.24) is 0 Å². The first-order valence-electron chi connectivity index (χ1n) is 5.03. The Morgan fingerprint density at radius 1 is 1.18 bits per heavy atom. The van der Waals surface area contributed by atoms with Crippen molar-refractivity contribution >= 4 is 22.0 Å². The molecule has 0 atom stereocenters. The maximum atomic E-state index is 11.9. The molecule has 0 unspecified atom stereocenters. The van der Waals surface area contributed by atoms with Crippen LogP contribution in [0.5, 0.6) is 5.75 Å². The first-order chi connectivity index (χ1) is 8.01. The van der Waals surface area contributed by atoms with Crippen LogP contribution in [-0.2, 0) is 0 Å². The SMILES string of the molecule is FC(F)(F)COc1ccc(C=CCCBr)cc1. The van der Waals surface area contributed by atoms with Crippen molar-refractivity contribution in [2.45, 2.75) is 12.6 Å². The summed E-state index contributed by atoms with van der Waals surface area (Å²) in [6.45, 7) is -1.26. The number of benzene rings is 1. The van der Waals surface area contributed by atoms with Crippen LogP contribution in [0.25, 0.3) is 6.08 Å². The number of allylic oxidation sites excluding steroid dienone is 1. The van der Waals surface area contributed by atoms with E-state index in [1.165, 1.54) is 12.1 Å². The number of hydrogen-bond acceptors (Lipinski definition) is 1. The van der Waals surface area contributed by atoms with Crippen molar-refractivity contribution in [3.05, 3.63) is 35.9 Å². The largest absolute Gasteiger partial charge is 0.484 e. The van der Waals surface area contributed by atoms with Gasteiger partial charge in [-0.1, -0.05) is 40.2 Å². The van der Waals surface area contributed by atoms with E-state index in [9.17, 15) is 13.2 Å². The van der Waals surface area contributed by atoms with Gasteiger partial charge < -0.3 is 4.74 Å². The number of hydrogen-bond donors (Lipinski definition) is 0. The number of alkyl halides is 4. The van der Waals surface area contributed by atoms with Gasteiger partial charge in [0.2, 0.25) is 0 Å². The number of rotatable bonds is 5. The highest BCUT2D eigenvalue weighted by molar-refractivity contribution is 9.09. The summed E-state index contributed by atoms with van der Waals surface area (Å²) in [5, 5.41) is 0.885. The molecular formula is C12H12BrF3O. The second-order valence-corrected chi connectivity index (χ2v) is 4.15. The molecule has 1 nitrogen and oxygen atoms in total. The van der Waals surface area contributed by atoms with Gasteiger partial charge in [0.15, 0.2) is 6.61 Å². The van der Waals surface area contributed by atoms with Crippen molar-refractivity contribution in [2.24, 2.45) is 0 Å². The van der Waals surface area contributed by atoms with Gasteiger partial charge in [-0.2, -0.15) is 13.2 Å². The fraction of sp³-hybridized carbons (Fsp3) is 0.333. The minimum absolute atomic E-state index is 0.222. The molecule has 0 aromatic heterocycles. The smallest absolute Gasteiger partial charge is 0.422 e. The summed E-state index contributed by atoms with van der Waals surface area (Å²) < 4.78 is 40.3. The summed E-state index contributed by atoms with van der Waals surface area (Å²) in [5.41, 5.74) is 0.935. The average molecular weight is 309 g/mol. The van der Waals surface area contributed by atoms with Crippen molar-refractivity contribution in [3.8, 4) is 5.75 Å². The normalized spacial score (nSPS) is 12.0. The molecule has 0 heterocycles. The van der Waals surface area contributed by atoms with Crippen LogP contribution in [0.15, 0.2) is 30.3 Å². The van der Waals surface area contributed by atoms with Crippen LogP contribution in [0.3, 0.4) is 0 Å². The van der Waals surface area contributed by atoms with Gasteiger partial charge in [-0.25, -0.2) is 0 Å². The molecule has 0 spiro atoms. The summed E-state index contributed by atoms with van der Waals surface area (Å²) >= 11 is 3.30. The zero-order valence-corrected chi connectivity index (χ0v) is 10.6. The second-order valence-electron chi connectivity index (χ2n) is 3.35. The molecule has 17 heavy (non-hydrogen) atoms. The highest BCUT2D eigenvalue weighted by atomic mass is 79.9. The zero-order valence-electron chi connectivity index (χ0n) is 9.01. The van der Waals surface area contributed by atoms with Crippen molar-refractivity contribution in [2.75, 3.05) is 11.9 Å². The Labute approximate surface area is 106 Å². The maximum absolute atomic E-state index is 11.9. The zero-order chi connectivity index (χ0) is 12.7. The van der Waals surface area contributed by atoms with Gasteiger partial charge in [-0.15, -0.1) is 0 Å². The molecule has 0 aliphatic rings. The van der Waals surface area contributed by atoms with Gasteiger partial charge in [-0.05, 0) is 24.1 Å². The van der Waals surface area contributed by atoms with Gasteiger partial charge in [0, 0.05) is 5.33 Å². The molecule has 0 saturated heterocycles. The van der Waals surface area contributed by atoms with Crippen molar-refractivity contribution in [1.29, 1.82) is 0 Å². The van der Waals surface area contributed by atoms with Crippen LogP contribution in [0.1, 0.15) is 12.0 Å². The highest BCUT2D eigenvalue weighted by Crippen LogP contribution is 2.19. The van der Waals surface area contributed by atoms with E-state index in [4.69, 9.17) is 0 Å². The lowest BCUT2D eigenvalue weighted by atomic mass is 10.2. The molecule has 1 aromatic carbocycles. The summed E-state index contributed by atoms with van der Waals surface area (Å²) in [4.78, 5) is 0. The molecular weight excluding hydrogens is 297 g/mol.